The van der Waals surface area contributed by atoms with Gasteiger partial charge < -0.3 is 10.6 Å². The summed E-state index contributed by atoms with van der Waals surface area (Å²) in [7, 11) is 0. The van der Waals surface area contributed by atoms with Gasteiger partial charge in [-0.25, -0.2) is 14.1 Å². The molecule has 8 heteroatoms. The molecule has 0 saturated carbocycles. The van der Waals surface area contributed by atoms with Crippen molar-refractivity contribution in [3.63, 3.8) is 0 Å². The molecule has 0 bridgehead atoms. The molecule has 1 aliphatic heterocycles. The van der Waals surface area contributed by atoms with E-state index in [0.29, 0.717) is 11.1 Å². The fourth-order valence-corrected chi connectivity index (χ4v) is 2.81. The number of carbonyl (C=O) groups excluding carboxylic acids is 2. The van der Waals surface area contributed by atoms with Gasteiger partial charge >= 0.3 is 0 Å². The molecule has 2 heterocycles. The van der Waals surface area contributed by atoms with E-state index in [9.17, 15) is 14.0 Å². The van der Waals surface area contributed by atoms with Crippen LogP contribution < -0.4 is 5.73 Å². The lowest BCUT2D eigenvalue weighted by Crippen LogP contribution is -2.43. The Morgan fingerprint density at radius 3 is 2.78 bits per heavy atom. The third kappa shape index (κ3) is 2.79. The van der Waals surface area contributed by atoms with Crippen molar-refractivity contribution in [2.45, 2.75) is 25.6 Å². The largest absolute Gasteiger partial charge is 0.368 e. The van der Waals surface area contributed by atoms with Crippen LogP contribution >= 0.6 is 0 Å². The molecule has 0 unspecified atom stereocenters. The predicted molar refractivity (Wildman–Crippen MR) is 79.6 cm³/mol. The van der Waals surface area contributed by atoms with Crippen LogP contribution in [0.5, 0.6) is 0 Å². The zero-order valence-corrected chi connectivity index (χ0v) is 12.5. The van der Waals surface area contributed by atoms with Crippen LogP contribution in [0.3, 0.4) is 0 Å². The van der Waals surface area contributed by atoms with Gasteiger partial charge in [0.2, 0.25) is 5.91 Å². The first-order valence-corrected chi connectivity index (χ1v) is 7.17. The molecule has 2 aromatic rings. The quantitative estimate of drug-likeness (QED) is 0.897. The molecule has 7 nitrogen and oxygen atoms in total. The number of primary amides is 1. The van der Waals surface area contributed by atoms with Gasteiger partial charge in [0, 0.05) is 12.0 Å². The molecule has 1 aromatic carbocycles. The maximum Gasteiger partial charge on any atom is 0.254 e. The zero-order chi connectivity index (χ0) is 16.6. The summed E-state index contributed by atoms with van der Waals surface area (Å²) in [6.07, 6.45) is 1.69. The van der Waals surface area contributed by atoms with E-state index >= 15 is 0 Å². The normalized spacial score (nSPS) is 20.7. The Balaban J connectivity index is 1.89. The van der Waals surface area contributed by atoms with Crippen molar-refractivity contribution in [1.29, 1.82) is 0 Å². The van der Waals surface area contributed by atoms with E-state index in [2.05, 4.69) is 10.1 Å². The van der Waals surface area contributed by atoms with Gasteiger partial charge in [0.05, 0.1) is 12.2 Å². The van der Waals surface area contributed by atoms with Crippen LogP contribution in [-0.4, -0.2) is 50.2 Å². The van der Waals surface area contributed by atoms with E-state index in [0.717, 1.165) is 5.69 Å². The molecular formula is C15H16FN5O2. The molecule has 2 amide bonds. The molecule has 0 aliphatic carbocycles. The third-order valence-corrected chi connectivity index (χ3v) is 3.96. The number of benzene rings is 1. The number of halogens is 1. The molecule has 3 rings (SSSR count). The first-order chi connectivity index (χ1) is 11.0. The Morgan fingerprint density at radius 1 is 1.39 bits per heavy atom. The summed E-state index contributed by atoms with van der Waals surface area (Å²) in [5, 5.41) is 4.02. The van der Waals surface area contributed by atoms with Gasteiger partial charge in [0.1, 0.15) is 24.9 Å². The Bertz CT molecular complexity index is 746. The van der Waals surface area contributed by atoms with Crippen molar-refractivity contribution in [3.8, 4) is 5.69 Å². The first kappa shape index (κ1) is 15.1. The van der Waals surface area contributed by atoms with E-state index in [-0.39, 0.29) is 13.0 Å². The SMILES string of the molecule is Cc1cc(-n2cncn2)ccc1C(=O)N1C[C@H](F)C[C@H]1C(N)=O. The summed E-state index contributed by atoms with van der Waals surface area (Å²) in [4.78, 5) is 29.2. The van der Waals surface area contributed by atoms with Crippen LogP contribution in [0.25, 0.3) is 5.69 Å². The maximum absolute atomic E-state index is 13.6. The molecule has 1 saturated heterocycles. The van der Waals surface area contributed by atoms with Crippen LogP contribution in [0.15, 0.2) is 30.9 Å². The average molecular weight is 317 g/mol. The van der Waals surface area contributed by atoms with Crippen LogP contribution in [0, 0.1) is 6.92 Å². The smallest absolute Gasteiger partial charge is 0.254 e. The van der Waals surface area contributed by atoms with Gasteiger partial charge in [-0.3, -0.25) is 9.59 Å². The topological polar surface area (TPSA) is 94.1 Å². The highest BCUT2D eigenvalue weighted by atomic mass is 19.1. The number of alkyl halides is 1. The Hall–Kier alpha value is -2.77. The minimum Gasteiger partial charge on any atom is -0.368 e. The maximum atomic E-state index is 13.6. The lowest BCUT2D eigenvalue weighted by Gasteiger charge is -2.22. The number of amides is 2. The number of nitrogens with two attached hydrogens (primary N) is 1. The van der Waals surface area contributed by atoms with Gasteiger partial charge in [0.25, 0.3) is 5.91 Å². The number of hydrogen-bond acceptors (Lipinski definition) is 4. The monoisotopic (exact) mass is 317 g/mol. The van der Waals surface area contributed by atoms with Crippen molar-refractivity contribution in [2.75, 3.05) is 6.54 Å². The van der Waals surface area contributed by atoms with E-state index in [1.807, 2.05) is 0 Å². The summed E-state index contributed by atoms with van der Waals surface area (Å²) in [6, 6.07) is 4.24. The Labute approximate surface area is 131 Å². The molecule has 0 spiro atoms. The number of nitrogens with zero attached hydrogens (tertiary/aromatic N) is 4. The molecule has 1 fully saturated rings. The van der Waals surface area contributed by atoms with Crippen molar-refractivity contribution < 1.29 is 14.0 Å². The molecular weight excluding hydrogens is 301 g/mol. The number of hydrogen-bond donors (Lipinski definition) is 1. The second-order valence-corrected chi connectivity index (χ2v) is 5.55. The van der Waals surface area contributed by atoms with E-state index < -0.39 is 24.0 Å². The minimum atomic E-state index is -1.23. The van der Waals surface area contributed by atoms with Crippen LogP contribution in [0.1, 0.15) is 22.3 Å². The third-order valence-electron chi connectivity index (χ3n) is 3.96. The summed E-state index contributed by atoms with van der Waals surface area (Å²) >= 11 is 0. The minimum absolute atomic E-state index is 0.0445. The lowest BCUT2D eigenvalue weighted by molar-refractivity contribution is -0.121. The summed E-state index contributed by atoms with van der Waals surface area (Å²) in [5.74, 6) is -1.08. The highest BCUT2D eigenvalue weighted by Gasteiger charge is 2.39. The highest BCUT2D eigenvalue weighted by Crippen LogP contribution is 2.24. The van der Waals surface area contributed by atoms with Crippen molar-refractivity contribution in [2.24, 2.45) is 5.73 Å². The lowest BCUT2D eigenvalue weighted by atomic mass is 10.1. The molecule has 23 heavy (non-hydrogen) atoms. The van der Waals surface area contributed by atoms with Crippen LogP contribution in [0.2, 0.25) is 0 Å². The van der Waals surface area contributed by atoms with E-state index in [1.165, 1.54) is 11.2 Å². The standard InChI is InChI=1S/C15H16FN5O2/c1-9-4-11(21-8-18-7-19-21)2-3-12(9)15(23)20-6-10(16)5-13(20)14(17)22/h2-4,7-8,10,13H,5-6H2,1H3,(H2,17,22)/t10-,13+/m1/s1. The fourth-order valence-electron chi connectivity index (χ4n) is 2.81. The van der Waals surface area contributed by atoms with Gasteiger partial charge in [-0.05, 0) is 30.7 Å². The van der Waals surface area contributed by atoms with Gasteiger partial charge in [-0.1, -0.05) is 0 Å². The number of aromatic nitrogens is 3. The predicted octanol–water partition coefficient (Wildman–Crippen LogP) is 0.614. The fraction of sp³-hybridized carbons (Fsp3) is 0.333. The van der Waals surface area contributed by atoms with E-state index in [1.54, 1.807) is 36.1 Å². The first-order valence-electron chi connectivity index (χ1n) is 7.17. The second-order valence-electron chi connectivity index (χ2n) is 5.55. The molecule has 120 valence electrons. The van der Waals surface area contributed by atoms with Crippen LogP contribution in [0.4, 0.5) is 4.39 Å². The number of likely N-dealkylation sites (tertiary alicyclic amines) is 1. The zero-order valence-electron chi connectivity index (χ0n) is 12.5. The summed E-state index contributed by atoms with van der Waals surface area (Å²) in [6.45, 7) is 1.66. The molecule has 1 aromatic heterocycles. The number of rotatable bonds is 3. The Morgan fingerprint density at radius 2 is 2.17 bits per heavy atom. The molecule has 1 aliphatic rings. The highest BCUT2D eigenvalue weighted by molar-refractivity contribution is 5.99. The molecule has 2 atom stereocenters. The van der Waals surface area contributed by atoms with Gasteiger partial charge in [0.15, 0.2) is 0 Å². The molecule has 2 N–H and O–H groups in total. The van der Waals surface area contributed by atoms with Crippen LogP contribution in [-0.2, 0) is 4.79 Å². The number of aryl methyl sites for hydroxylation is 1. The Kier molecular flexibility index (Phi) is 3.81. The summed E-state index contributed by atoms with van der Waals surface area (Å²) < 4.78 is 15.2. The van der Waals surface area contributed by atoms with Gasteiger partial charge in [-0.2, -0.15) is 5.10 Å². The molecule has 0 radical (unpaired) electrons. The van der Waals surface area contributed by atoms with E-state index in [4.69, 9.17) is 5.73 Å². The van der Waals surface area contributed by atoms with Crippen molar-refractivity contribution in [1.82, 2.24) is 19.7 Å². The van der Waals surface area contributed by atoms with Crippen molar-refractivity contribution in [3.05, 3.63) is 42.0 Å². The average Bonchev–Trinajstić information content (AvgIpc) is 3.15. The van der Waals surface area contributed by atoms with Gasteiger partial charge in [-0.15, -0.1) is 0 Å². The second kappa shape index (κ2) is 5.79. The summed E-state index contributed by atoms with van der Waals surface area (Å²) in [5.41, 5.74) is 7.15. The number of carbonyl (C=O) groups is 2. The van der Waals surface area contributed by atoms with Crippen molar-refractivity contribution >= 4 is 11.8 Å².